The van der Waals surface area contributed by atoms with E-state index in [4.69, 9.17) is 4.98 Å². The van der Waals surface area contributed by atoms with Crippen molar-refractivity contribution in [1.82, 2.24) is 24.8 Å². The molecular weight excluding hydrogens is 555 g/mol. The van der Waals surface area contributed by atoms with E-state index in [1.165, 1.54) is 11.3 Å². The summed E-state index contributed by atoms with van der Waals surface area (Å²) in [6, 6.07) is 17.4. The highest BCUT2D eigenvalue weighted by Crippen LogP contribution is 2.33. The number of rotatable bonds is 7. The molecule has 5 aromatic rings. The van der Waals surface area contributed by atoms with Crippen LogP contribution < -0.4 is 10.6 Å². The topological polar surface area (TPSA) is 103 Å². The third-order valence-corrected chi connectivity index (χ3v) is 8.45. The number of nitrogens with one attached hydrogen (secondary N) is 2. The minimum Gasteiger partial charge on any atom is -0.382 e. The molecular formula is C30H29N7O2S2. The van der Waals surface area contributed by atoms with E-state index in [1.807, 2.05) is 54.0 Å². The monoisotopic (exact) mass is 583 g/mol. The van der Waals surface area contributed by atoms with Gasteiger partial charge in [0.15, 0.2) is 0 Å². The molecule has 11 heteroatoms. The Bertz CT molecular complexity index is 1690. The highest BCUT2D eigenvalue weighted by atomic mass is 32.1. The summed E-state index contributed by atoms with van der Waals surface area (Å²) in [5, 5.41) is 9.41. The summed E-state index contributed by atoms with van der Waals surface area (Å²) in [5.41, 5.74) is 6.54. The van der Waals surface area contributed by atoms with E-state index in [1.54, 1.807) is 32.7 Å². The lowest BCUT2D eigenvalue weighted by Crippen LogP contribution is -2.50. The highest BCUT2D eigenvalue weighted by molar-refractivity contribution is 7.16. The van der Waals surface area contributed by atoms with Crippen molar-refractivity contribution in [1.29, 1.82) is 0 Å². The van der Waals surface area contributed by atoms with E-state index in [2.05, 4.69) is 40.5 Å². The number of fused-ring (bicyclic) bond motifs is 1. The van der Waals surface area contributed by atoms with Crippen molar-refractivity contribution in [2.75, 3.05) is 36.8 Å². The summed E-state index contributed by atoms with van der Waals surface area (Å²) in [6.07, 6.45) is 1.79. The first kappa shape index (κ1) is 26.9. The Hall–Kier alpha value is -4.35. The Labute approximate surface area is 245 Å². The van der Waals surface area contributed by atoms with Crippen LogP contribution in [0.5, 0.6) is 0 Å². The van der Waals surface area contributed by atoms with Crippen molar-refractivity contribution in [2.24, 2.45) is 0 Å². The first-order chi connectivity index (χ1) is 19.9. The third kappa shape index (κ3) is 5.91. The number of benzene rings is 2. The molecule has 9 nitrogen and oxygen atoms in total. The van der Waals surface area contributed by atoms with Gasteiger partial charge in [0.2, 0.25) is 0 Å². The number of anilines is 3. The molecule has 41 heavy (non-hydrogen) atoms. The molecule has 0 saturated carbocycles. The van der Waals surface area contributed by atoms with Crippen LogP contribution in [-0.4, -0.2) is 68.8 Å². The van der Waals surface area contributed by atoms with Crippen LogP contribution in [0.25, 0.3) is 20.8 Å². The first-order valence-corrected chi connectivity index (χ1v) is 15.2. The van der Waals surface area contributed by atoms with E-state index in [-0.39, 0.29) is 17.9 Å². The van der Waals surface area contributed by atoms with Crippen molar-refractivity contribution in [3.8, 4) is 10.6 Å². The molecule has 0 aliphatic carbocycles. The molecule has 0 unspecified atom stereocenters. The van der Waals surface area contributed by atoms with Crippen molar-refractivity contribution < 1.29 is 9.59 Å². The van der Waals surface area contributed by atoms with Crippen LogP contribution in [0, 0.1) is 0 Å². The lowest BCUT2D eigenvalue weighted by molar-refractivity contribution is 0.0533. The number of hydrogen-bond acceptors (Lipinski definition) is 9. The maximum absolute atomic E-state index is 13.3. The fourth-order valence-corrected chi connectivity index (χ4v) is 6.27. The minimum atomic E-state index is -0.123. The SMILES string of the molecule is CC(C)Nc1cc(Nc2ccc3ncsc3c2)ncc1-c1nc(C(=O)N2CCN(C(=O)c3ccccc3)CC2)cs1. The van der Waals surface area contributed by atoms with Crippen LogP contribution in [0.2, 0.25) is 0 Å². The number of thiazole rings is 2. The van der Waals surface area contributed by atoms with Gasteiger partial charge in [-0.25, -0.2) is 15.0 Å². The Morgan fingerprint density at radius 2 is 1.66 bits per heavy atom. The number of carbonyl (C=O) groups is 2. The molecule has 0 radical (unpaired) electrons. The predicted octanol–water partition coefficient (Wildman–Crippen LogP) is 5.98. The molecule has 1 fully saturated rings. The molecule has 2 N–H and O–H groups in total. The van der Waals surface area contributed by atoms with E-state index in [0.717, 1.165) is 32.2 Å². The van der Waals surface area contributed by atoms with Crippen molar-refractivity contribution in [2.45, 2.75) is 19.9 Å². The normalized spacial score (nSPS) is 13.5. The average Bonchev–Trinajstić information content (AvgIpc) is 3.67. The lowest BCUT2D eigenvalue weighted by atomic mass is 10.2. The second-order valence-electron chi connectivity index (χ2n) is 10.1. The van der Waals surface area contributed by atoms with Crippen LogP contribution in [0.4, 0.5) is 17.2 Å². The zero-order chi connectivity index (χ0) is 28.3. The van der Waals surface area contributed by atoms with Crippen molar-refractivity contribution >= 4 is 61.9 Å². The number of aromatic nitrogens is 3. The Balaban J connectivity index is 1.16. The van der Waals surface area contributed by atoms with Gasteiger partial charge < -0.3 is 20.4 Å². The molecule has 2 amide bonds. The first-order valence-electron chi connectivity index (χ1n) is 13.4. The van der Waals surface area contributed by atoms with E-state index >= 15 is 0 Å². The number of amides is 2. The van der Waals surface area contributed by atoms with Gasteiger partial charge in [0.25, 0.3) is 11.8 Å². The second kappa shape index (κ2) is 11.6. The zero-order valence-electron chi connectivity index (χ0n) is 22.7. The molecule has 3 aromatic heterocycles. The van der Waals surface area contributed by atoms with Crippen molar-refractivity contribution in [3.63, 3.8) is 0 Å². The molecule has 1 saturated heterocycles. The van der Waals surface area contributed by atoms with Gasteiger partial charge in [0.05, 0.1) is 21.3 Å². The van der Waals surface area contributed by atoms with Gasteiger partial charge in [-0.1, -0.05) is 18.2 Å². The number of carbonyl (C=O) groups excluding carboxylic acids is 2. The van der Waals surface area contributed by atoms with Gasteiger partial charge in [-0.3, -0.25) is 9.59 Å². The second-order valence-corrected chi connectivity index (χ2v) is 11.8. The number of nitrogens with zero attached hydrogens (tertiary/aromatic N) is 5. The minimum absolute atomic E-state index is 0.00617. The molecule has 208 valence electrons. The number of hydrogen-bond donors (Lipinski definition) is 2. The summed E-state index contributed by atoms with van der Waals surface area (Å²) in [4.78, 5) is 43.3. The fraction of sp³-hybridized carbons (Fsp3) is 0.233. The van der Waals surface area contributed by atoms with Gasteiger partial charge in [-0.05, 0) is 44.2 Å². The van der Waals surface area contributed by atoms with E-state index in [0.29, 0.717) is 43.3 Å². The van der Waals surface area contributed by atoms with Crippen LogP contribution in [0.1, 0.15) is 34.7 Å². The van der Waals surface area contributed by atoms with Gasteiger partial charge >= 0.3 is 0 Å². The molecule has 1 aliphatic rings. The average molecular weight is 584 g/mol. The van der Waals surface area contributed by atoms with Crippen molar-refractivity contribution in [3.05, 3.63) is 82.9 Å². The molecule has 0 spiro atoms. The molecule has 6 rings (SSSR count). The summed E-state index contributed by atoms with van der Waals surface area (Å²) in [6.45, 7) is 6.09. The maximum atomic E-state index is 13.3. The van der Waals surface area contributed by atoms with Gasteiger partial charge in [0, 0.05) is 66.8 Å². The summed E-state index contributed by atoms with van der Waals surface area (Å²) < 4.78 is 1.11. The van der Waals surface area contributed by atoms with Crippen LogP contribution in [0.15, 0.2) is 71.7 Å². The number of piperazine rings is 1. The van der Waals surface area contributed by atoms with E-state index < -0.39 is 0 Å². The van der Waals surface area contributed by atoms with Gasteiger partial charge in [-0.2, -0.15) is 0 Å². The zero-order valence-corrected chi connectivity index (χ0v) is 24.3. The standard InChI is InChI=1S/C30H29N7O2S2/c1-19(2)33-24-15-27(34-21-8-9-23-26(14-21)41-18-32-23)31-16-22(24)28-35-25(17-40-28)30(39)37-12-10-36(11-13-37)29(38)20-6-4-3-5-7-20/h3-9,14-19H,10-13H2,1-2H3,(H2,31,33,34). The summed E-state index contributed by atoms with van der Waals surface area (Å²) in [5.74, 6) is 0.576. The van der Waals surface area contributed by atoms with Gasteiger partial charge in [0.1, 0.15) is 16.5 Å². The molecule has 0 bridgehead atoms. The Morgan fingerprint density at radius 1 is 0.902 bits per heavy atom. The molecule has 1 aliphatic heterocycles. The summed E-state index contributed by atoms with van der Waals surface area (Å²) in [7, 11) is 0. The number of pyridine rings is 1. The van der Waals surface area contributed by atoms with Crippen LogP contribution in [-0.2, 0) is 0 Å². The van der Waals surface area contributed by atoms with Gasteiger partial charge in [-0.15, -0.1) is 22.7 Å². The molecule has 4 heterocycles. The Kier molecular flexibility index (Phi) is 7.62. The third-order valence-electron chi connectivity index (χ3n) is 6.78. The molecule has 2 aromatic carbocycles. The smallest absolute Gasteiger partial charge is 0.273 e. The quantitative estimate of drug-likeness (QED) is 0.243. The van der Waals surface area contributed by atoms with E-state index in [9.17, 15) is 9.59 Å². The highest BCUT2D eigenvalue weighted by Gasteiger charge is 2.27. The Morgan fingerprint density at radius 3 is 2.41 bits per heavy atom. The summed E-state index contributed by atoms with van der Waals surface area (Å²) >= 11 is 3.02. The van der Waals surface area contributed by atoms with Crippen LogP contribution >= 0.6 is 22.7 Å². The fourth-order valence-electron chi connectivity index (χ4n) is 4.74. The largest absolute Gasteiger partial charge is 0.382 e. The lowest BCUT2D eigenvalue weighted by Gasteiger charge is -2.34. The predicted molar refractivity (Wildman–Crippen MR) is 165 cm³/mol. The molecule has 0 atom stereocenters. The maximum Gasteiger partial charge on any atom is 0.273 e. The van der Waals surface area contributed by atoms with Crippen LogP contribution in [0.3, 0.4) is 0 Å².